The Bertz CT molecular complexity index is 420. The molecule has 94 valence electrons. The highest BCUT2D eigenvalue weighted by molar-refractivity contribution is 5.07. The van der Waals surface area contributed by atoms with Crippen molar-refractivity contribution < 1.29 is 4.74 Å². The second kappa shape index (κ2) is 5.45. The summed E-state index contributed by atoms with van der Waals surface area (Å²) in [5.41, 5.74) is 0.848. The van der Waals surface area contributed by atoms with E-state index in [1.165, 1.54) is 0 Å². The quantitative estimate of drug-likeness (QED) is 0.871. The summed E-state index contributed by atoms with van der Waals surface area (Å²) < 4.78 is 5.44. The number of aromatic amines is 1. The summed E-state index contributed by atoms with van der Waals surface area (Å²) in [4.78, 5) is 19.0. The van der Waals surface area contributed by atoms with Gasteiger partial charge in [0.2, 0.25) is 0 Å². The maximum absolute atomic E-state index is 11.6. The van der Waals surface area contributed by atoms with Crippen molar-refractivity contribution in [2.24, 2.45) is 5.92 Å². The molecule has 0 amide bonds. The average molecular weight is 236 g/mol. The molecule has 2 heterocycles. The lowest BCUT2D eigenvalue weighted by Gasteiger charge is -2.21. The van der Waals surface area contributed by atoms with Crippen LogP contribution in [0.15, 0.2) is 10.9 Å². The lowest BCUT2D eigenvalue weighted by atomic mass is 10.0. The van der Waals surface area contributed by atoms with Crippen LogP contribution in [0.1, 0.15) is 44.1 Å². The molecular weight excluding hydrogens is 216 g/mol. The summed E-state index contributed by atoms with van der Waals surface area (Å²) in [6, 6.07) is 1.60. The molecule has 4 nitrogen and oxygen atoms in total. The number of hydrogen-bond donors (Lipinski definition) is 1. The van der Waals surface area contributed by atoms with Crippen molar-refractivity contribution in [1.29, 1.82) is 0 Å². The largest absolute Gasteiger partial charge is 0.381 e. The second-order valence-electron chi connectivity index (χ2n) is 5.13. The van der Waals surface area contributed by atoms with Crippen LogP contribution in [-0.4, -0.2) is 23.2 Å². The van der Waals surface area contributed by atoms with Crippen LogP contribution in [-0.2, 0) is 11.2 Å². The third kappa shape index (κ3) is 3.40. The minimum Gasteiger partial charge on any atom is -0.381 e. The van der Waals surface area contributed by atoms with Gasteiger partial charge in [-0.3, -0.25) is 4.79 Å². The highest BCUT2D eigenvalue weighted by Gasteiger charge is 2.19. The average Bonchev–Trinajstić information content (AvgIpc) is 2.28. The van der Waals surface area contributed by atoms with Crippen molar-refractivity contribution >= 4 is 0 Å². The molecule has 0 radical (unpaired) electrons. The van der Waals surface area contributed by atoms with E-state index >= 15 is 0 Å². The summed E-state index contributed by atoms with van der Waals surface area (Å²) >= 11 is 0. The summed E-state index contributed by atoms with van der Waals surface area (Å²) in [6.45, 7) is 5.76. The zero-order valence-electron chi connectivity index (χ0n) is 10.5. The van der Waals surface area contributed by atoms with Crippen LogP contribution in [0.25, 0.3) is 0 Å². The van der Waals surface area contributed by atoms with Crippen molar-refractivity contribution in [2.75, 3.05) is 13.2 Å². The zero-order chi connectivity index (χ0) is 12.3. The molecule has 1 aromatic rings. The Kier molecular flexibility index (Phi) is 3.94. The van der Waals surface area contributed by atoms with Gasteiger partial charge in [-0.05, 0) is 25.2 Å². The third-order valence-electron chi connectivity index (χ3n) is 2.98. The lowest BCUT2D eigenvalue weighted by molar-refractivity contribution is 0.0779. The molecule has 1 saturated heterocycles. The van der Waals surface area contributed by atoms with E-state index in [0.717, 1.165) is 37.4 Å². The topological polar surface area (TPSA) is 55.0 Å². The van der Waals surface area contributed by atoms with Gasteiger partial charge in [-0.15, -0.1) is 0 Å². The highest BCUT2D eigenvalue weighted by Crippen LogP contribution is 2.21. The van der Waals surface area contributed by atoms with Gasteiger partial charge in [0.15, 0.2) is 0 Å². The van der Waals surface area contributed by atoms with E-state index in [0.29, 0.717) is 12.5 Å². The SMILES string of the molecule is CC(C)Cc1cc(=O)[nH]c(C2CCCOC2)n1. The molecule has 1 unspecified atom stereocenters. The number of nitrogens with one attached hydrogen (secondary N) is 1. The summed E-state index contributed by atoms with van der Waals surface area (Å²) in [6.07, 6.45) is 2.95. The molecule has 1 atom stereocenters. The minimum absolute atomic E-state index is 0.0452. The van der Waals surface area contributed by atoms with Gasteiger partial charge in [0.25, 0.3) is 5.56 Å². The molecule has 0 aliphatic carbocycles. The van der Waals surface area contributed by atoms with E-state index in [1.54, 1.807) is 6.07 Å². The molecule has 4 heteroatoms. The fourth-order valence-corrected chi connectivity index (χ4v) is 2.20. The third-order valence-corrected chi connectivity index (χ3v) is 2.98. The minimum atomic E-state index is -0.0452. The van der Waals surface area contributed by atoms with E-state index in [1.807, 2.05) is 0 Å². The van der Waals surface area contributed by atoms with Gasteiger partial charge in [-0.1, -0.05) is 13.8 Å². The number of rotatable bonds is 3. The number of hydrogen-bond acceptors (Lipinski definition) is 3. The Hall–Kier alpha value is -1.16. The van der Waals surface area contributed by atoms with E-state index in [-0.39, 0.29) is 11.5 Å². The number of H-pyrrole nitrogens is 1. The number of aromatic nitrogens is 2. The smallest absolute Gasteiger partial charge is 0.251 e. The Morgan fingerprint density at radius 1 is 1.59 bits per heavy atom. The van der Waals surface area contributed by atoms with Gasteiger partial charge in [-0.2, -0.15) is 0 Å². The van der Waals surface area contributed by atoms with Gasteiger partial charge in [0.05, 0.1) is 6.61 Å². The number of nitrogens with zero attached hydrogens (tertiary/aromatic N) is 1. The van der Waals surface area contributed by atoms with Crippen LogP contribution in [0.4, 0.5) is 0 Å². The molecule has 1 aliphatic rings. The molecule has 1 fully saturated rings. The molecule has 0 spiro atoms. The first-order valence-electron chi connectivity index (χ1n) is 6.33. The van der Waals surface area contributed by atoms with E-state index in [9.17, 15) is 4.79 Å². The standard InChI is InChI=1S/C13H20N2O2/c1-9(2)6-11-7-12(16)15-13(14-11)10-4-3-5-17-8-10/h7,9-10H,3-6,8H2,1-2H3,(H,14,15,16). The molecule has 0 bridgehead atoms. The van der Waals surface area contributed by atoms with Gasteiger partial charge in [0, 0.05) is 24.3 Å². The fourth-order valence-electron chi connectivity index (χ4n) is 2.20. The van der Waals surface area contributed by atoms with Crippen LogP contribution < -0.4 is 5.56 Å². The normalized spacial score (nSPS) is 20.8. The molecular formula is C13H20N2O2. The molecule has 1 N–H and O–H groups in total. The highest BCUT2D eigenvalue weighted by atomic mass is 16.5. The first-order valence-corrected chi connectivity index (χ1v) is 6.33. The molecule has 0 saturated carbocycles. The first-order chi connectivity index (χ1) is 8.15. The van der Waals surface area contributed by atoms with Crippen molar-refractivity contribution in [2.45, 2.75) is 39.0 Å². The maximum atomic E-state index is 11.6. The number of ether oxygens (including phenoxy) is 1. The summed E-state index contributed by atoms with van der Waals surface area (Å²) in [7, 11) is 0. The van der Waals surface area contributed by atoms with Crippen molar-refractivity contribution in [3.8, 4) is 0 Å². The van der Waals surface area contributed by atoms with Crippen LogP contribution in [0, 0.1) is 5.92 Å². The molecule has 2 rings (SSSR count). The van der Waals surface area contributed by atoms with E-state index in [2.05, 4.69) is 23.8 Å². The molecule has 1 aromatic heterocycles. The zero-order valence-corrected chi connectivity index (χ0v) is 10.5. The Balaban J connectivity index is 2.21. The predicted molar refractivity (Wildman–Crippen MR) is 66.2 cm³/mol. The Morgan fingerprint density at radius 2 is 2.41 bits per heavy atom. The van der Waals surface area contributed by atoms with Crippen LogP contribution >= 0.6 is 0 Å². The van der Waals surface area contributed by atoms with Crippen molar-refractivity contribution in [3.05, 3.63) is 27.9 Å². The fraction of sp³-hybridized carbons (Fsp3) is 0.692. The van der Waals surface area contributed by atoms with Gasteiger partial charge >= 0.3 is 0 Å². The van der Waals surface area contributed by atoms with Gasteiger partial charge < -0.3 is 9.72 Å². The monoisotopic (exact) mass is 236 g/mol. The predicted octanol–water partition coefficient (Wildman–Crippen LogP) is 1.86. The second-order valence-corrected chi connectivity index (χ2v) is 5.13. The van der Waals surface area contributed by atoms with Gasteiger partial charge in [-0.25, -0.2) is 4.98 Å². The van der Waals surface area contributed by atoms with Gasteiger partial charge in [0.1, 0.15) is 5.82 Å². The van der Waals surface area contributed by atoms with E-state index < -0.39 is 0 Å². The Labute approximate surface area is 101 Å². The van der Waals surface area contributed by atoms with E-state index in [4.69, 9.17) is 4.74 Å². The first kappa shape index (κ1) is 12.3. The maximum Gasteiger partial charge on any atom is 0.251 e. The molecule has 0 aromatic carbocycles. The molecule has 1 aliphatic heterocycles. The van der Waals surface area contributed by atoms with Crippen molar-refractivity contribution in [3.63, 3.8) is 0 Å². The van der Waals surface area contributed by atoms with Crippen LogP contribution in [0.3, 0.4) is 0 Å². The molecule has 17 heavy (non-hydrogen) atoms. The van der Waals surface area contributed by atoms with Crippen LogP contribution in [0.5, 0.6) is 0 Å². The van der Waals surface area contributed by atoms with Crippen LogP contribution in [0.2, 0.25) is 0 Å². The van der Waals surface area contributed by atoms with Crippen molar-refractivity contribution in [1.82, 2.24) is 9.97 Å². The summed E-state index contributed by atoms with van der Waals surface area (Å²) in [5.74, 6) is 1.57. The summed E-state index contributed by atoms with van der Waals surface area (Å²) in [5, 5.41) is 0. The lowest BCUT2D eigenvalue weighted by Crippen LogP contribution is -2.22. The Morgan fingerprint density at radius 3 is 3.06 bits per heavy atom.